The van der Waals surface area contributed by atoms with E-state index in [1.54, 1.807) is 5.32 Å². The first kappa shape index (κ1) is 24.3. The Morgan fingerprint density at radius 2 is 1.84 bits per heavy atom. The quantitative estimate of drug-likeness (QED) is 0.345. The van der Waals surface area contributed by atoms with Crippen LogP contribution in [0.2, 0.25) is 0 Å². The van der Waals surface area contributed by atoms with Crippen LogP contribution >= 0.6 is 0 Å². The molecular formula is C19H23F4N5O3. The normalized spacial score (nSPS) is 11.4. The number of amides is 2. The Morgan fingerprint density at radius 1 is 1.16 bits per heavy atom. The smallest absolute Gasteiger partial charge is 0.343 e. The van der Waals surface area contributed by atoms with Gasteiger partial charge in [0.05, 0.1) is 25.2 Å². The molecule has 0 aliphatic carbocycles. The summed E-state index contributed by atoms with van der Waals surface area (Å²) in [5, 5.41) is 10.7. The number of hydrogen-bond donors (Lipinski definition) is 1. The minimum atomic E-state index is -4.51. The number of hydrogen-bond acceptors (Lipinski definition) is 5. The number of nitrogens with zero attached hydrogens (tertiary/aromatic N) is 4. The topological polar surface area (TPSA) is 89.3 Å². The zero-order valence-electron chi connectivity index (χ0n) is 17.1. The molecule has 0 bridgehead atoms. The summed E-state index contributed by atoms with van der Waals surface area (Å²) in [4.78, 5) is 29.3. The van der Waals surface area contributed by atoms with Crippen LogP contribution in [0, 0.1) is 0 Å². The number of unbranched alkanes of at least 4 members (excludes halogenated alkanes) is 2. The van der Waals surface area contributed by atoms with E-state index in [0.29, 0.717) is 37.1 Å². The molecule has 0 fully saturated rings. The van der Waals surface area contributed by atoms with Crippen LogP contribution in [0.25, 0.3) is 5.69 Å². The largest absolute Gasteiger partial charge is 0.405 e. The lowest BCUT2D eigenvalue weighted by atomic mass is 10.1. The number of carbonyl (C=O) groups excluding carboxylic acids is 2. The number of carbonyl (C=O) groups is 2. The van der Waals surface area contributed by atoms with Crippen molar-refractivity contribution in [3.63, 3.8) is 0 Å². The summed E-state index contributed by atoms with van der Waals surface area (Å²) < 4.78 is 50.6. The van der Waals surface area contributed by atoms with Gasteiger partial charge in [0.25, 0.3) is 11.8 Å². The lowest BCUT2D eigenvalue weighted by Crippen LogP contribution is -2.33. The van der Waals surface area contributed by atoms with Gasteiger partial charge < -0.3 is 5.32 Å². The van der Waals surface area contributed by atoms with Crippen LogP contribution in [-0.4, -0.2) is 65.4 Å². The molecule has 2 rings (SSSR count). The maximum Gasteiger partial charge on any atom is 0.405 e. The second kappa shape index (κ2) is 10.8. The zero-order valence-corrected chi connectivity index (χ0v) is 17.1. The summed E-state index contributed by atoms with van der Waals surface area (Å²) in [5.41, 5.74) is 1.03. The number of halogens is 4. The Bertz CT molecular complexity index is 884. The molecule has 0 saturated carbocycles. The molecule has 1 aromatic heterocycles. The van der Waals surface area contributed by atoms with Crippen LogP contribution in [-0.2, 0) is 11.3 Å². The molecule has 0 unspecified atom stereocenters. The van der Waals surface area contributed by atoms with Crippen LogP contribution in [0.15, 0.2) is 24.3 Å². The summed E-state index contributed by atoms with van der Waals surface area (Å²) in [7, 11) is 2.74. The van der Waals surface area contributed by atoms with Crippen molar-refractivity contribution < 1.29 is 32.0 Å². The maximum absolute atomic E-state index is 12.5. The third kappa shape index (κ3) is 6.74. The van der Waals surface area contributed by atoms with Gasteiger partial charge in [0.1, 0.15) is 6.54 Å². The summed E-state index contributed by atoms with van der Waals surface area (Å²) >= 11 is 0. The molecular weight excluding hydrogens is 422 g/mol. The highest BCUT2D eigenvalue weighted by molar-refractivity contribution is 5.94. The minimum Gasteiger partial charge on any atom is -0.343 e. The molecule has 8 nitrogen and oxygen atoms in total. The van der Waals surface area contributed by atoms with Crippen LogP contribution in [0.5, 0.6) is 0 Å². The van der Waals surface area contributed by atoms with Gasteiger partial charge in [-0.25, -0.2) is 9.75 Å². The van der Waals surface area contributed by atoms with Gasteiger partial charge >= 0.3 is 6.18 Å². The molecule has 0 saturated heterocycles. The monoisotopic (exact) mass is 445 g/mol. The van der Waals surface area contributed by atoms with Gasteiger partial charge in [-0.15, -0.1) is 5.10 Å². The predicted octanol–water partition coefficient (Wildman–Crippen LogP) is 2.88. The highest BCUT2D eigenvalue weighted by Crippen LogP contribution is 2.19. The number of alkyl halides is 4. The Kier molecular flexibility index (Phi) is 8.48. The van der Waals surface area contributed by atoms with E-state index in [9.17, 15) is 27.2 Å². The SMILES string of the molecule is CON(C)C(=O)c1nnn(-c2ccc(C(=O)NCC(F)(F)F)cc2)c1CCCCCF. The van der Waals surface area contributed by atoms with Crippen molar-refractivity contribution in [2.24, 2.45) is 0 Å². The maximum atomic E-state index is 12.5. The van der Waals surface area contributed by atoms with Crippen molar-refractivity contribution in [1.29, 1.82) is 0 Å². The third-order valence-corrected chi connectivity index (χ3v) is 4.40. The van der Waals surface area contributed by atoms with E-state index < -0.39 is 31.2 Å². The van der Waals surface area contributed by atoms with Crippen molar-refractivity contribution in [1.82, 2.24) is 25.4 Å². The van der Waals surface area contributed by atoms with Crippen molar-refractivity contribution in [3.05, 3.63) is 41.2 Å². The van der Waals surface area contributed by atoms with E-state index in [0.717, 1.165) is 5.06 Å². The second-order valence-corrected chi connectivity index (χ2v) is 6.63. The molecule has 0 aliphatic heterocycles. The molecule has 170 valence electrons. The fourth-order valence-corrected chi connectivity index (χ4v) is 2.73. The van der Waals surface area contributed by atoms with E-state index in [1.165, 1.54) is 43.1 Å². The summed E-state index contributed by atoms with van der Waals surface area (Å²) in [6, 6.07) is 5.66. The average Bonchev–Trinajstić information content (AvgIpc) is 3.17. The molecule has 0 atom stereocenters. The number of hydroxylamine groups is 2. The molecule has 1 heterocycles. The third-order valence-electron chi connectivity index (χ3n) is 4.40. The first-order valence-corrected chi connectivity index (χ1v) is 9.46. The molecule has 0 spiro atoms. The molecule has 12 heteroatoms. The van der Waals surface area contributed by atoms with Crippen molar-refractivity contribution in [2.45, 2.75) is 31.9 Å². The lowest BCUT2D eigenvalue weighted by Gasteiger charge is -2.13. The molecule has 0 radical (unpaired) electrons. The van der Waals surface area contributed by atoms with E-state index in [1.807, 2.05) is 0 Å². The Hall–Kier alpha value is -3.02. The van der Waals surface area contributed by atoms with E-state index in [-0.39, 0.29) is 11.3 Å². The van der Waals surface area contributed by atoms with Gasteiger partial charge in [-0.3, -0.25) is 18.8 Å². The first-order chi connectivity index (χ1) is 14.7. The van der Waals surface area contributed by atoms with Gasteiger partial charge in [0, 0.05) is 12.6 Å². The van der Waals surface area contributed by atoms with Gasteiger partial charge in [-0.2, -0.15) is 13.2 Å². The number of nitrogens with one attached hydrogen (secondary N) is 1. The first-order valence-electron chi connectivity index (χ1n) is 9.46. The van der Waals surface area contributed by atoms with Crippen molar-refractivity contribution in [3.8, 4) is 5.69 Å². The van der Waals surface area contributed by atoms with Gasteiger partial charge in [-0.05, 0) is 43.5 Å². The average molecular weight is 445 g/mol. The molecule has 31 heavy (non-hydrogen) atoms. The zero-order chi connectivity index (χ0) is 23.0. The minimum absolute atomic E-state index is 0.0352. The van der Waals surface area contributed by atoms with Crippen LogP contribution in [0.4, 0.5) is 17.6 Å². The Balaban J connectivity index is 2.26. The van der Waals surface area contributed by atoms with Crippen LogP contribution < -0.4 is 5.32 Å². The van der Waals surface area contributed by atoms with Crippen LogP contribution in [0.3, 0.4) is 0 Å². The van der Waals surface area contributed by atoms with Crippen molar-refractivity contribution >= 4 is 11.8 Å². The molecule has 0 aliphatic rings. The van der Waals surface area contributed by atoms with Crippen LogP contribution in [0.1, 0.15) is 45.8 Å². The van der Waals surface area contributed by atoms with Gasteiger partial charge in [0.2, 0.25) is 0 Å². The summed E-state index contributed by atoms with van der Waals surface area (Å²) in [5.74, 6) is -1.39. The summed E-state index contributed by atoms with van der Waals surface area (Å²) in [6.07, 6.45) is -2.53. The fourth-order valence-electron chi connectivity index (χ4n) is 2.73. The van der Waals surface area contributed by atoms with E-state index >= 15 is 0 Å². The van der Waals surface area contributed by atoms with Crippen molar-refractivity contribution in [2.75, 3.05) is 27.4 Å². The van der Waals surface area contributed by atoms with Gasteiger partial charge in [0.15, 0.2) is 5.69 Å². The highest BCUT2D eigenvalue weighted by atomic mass is 19.4. The van der Waals surface area contributed by atoms with E-state index in [4.69, 9.17) is 4.84 Å². The molecule has 1 N–H and O–H groups in total. The van der Waals surface area contributed by atoms with Gasteiger partial charge in [-0.1, -0.05) is 11.6 Å². The predicted molar refractivity (Wildman–Crippen MR) is 102 cm³/mol. The Morgan fingerprint density at radius 3 is 2.42 bits per heavy atom. The lowest BCUT2D eigenvalue weighted by molar-refractivity contribution is -0.123. The number of benzene rings is 1. The Labute approximate surface area is 176 Å². The molecule has 1 aromatic carbocycles. The molecule has 2 aromatic rings. The highest BCUT2D eigenvalue weighted by Gasteiger charge is 2.28. The summed E-state index contributed by atoms with van der Waals surface area (Å²) in [6.45, 7) is -1.87. The second-order valence-electron chi connectivity index (χ2n) is 6.63. The molecule has 2 amide bonds. The fraction of sp³-hybridized carbons (Fsp3) is 0.474. The van der Waals surface area contributed by atoms with E-state index in [2.05, 4.69) is 10.3 Å². The standard InChI is InChI=1S/C19H23F4N5O3/c1-27(31-2)18(30)16-15(6-4-3-5-11-20)28(26-25-16)14-9-7-13(8-10-14)17(29)24-12-19(21,22)23/h7-10H,3-6,11-12H2,1-2H3,(H,24,29). The number of aromatic nitrogens is 3. The number of rotatable bonds is 10.